The molecule has 0 radical (unpaired) electrons. The van der Waals surface area contributed by atoms with Gasteiger partial charge in [-0.1, -0.05) is 0 Å². The van der Waals surface area contributed by atoms with Crippen LogP contribution in [0.5, 0.6) is 0 Å². The number of nitrogens with zero attached hydrogens (tertiary/aromatic N) is 1. The molecule has 0 aromatic heterocycles. The Hall–Kier alpha value is -0.570. The summed E-state index contributed by atoms with van der Waals surface area (Å²) in [7, 11) is 1.78. The van der Waals surface area contributed by atoms with E-state index < -0.39 is 0 Å². The first kappa shape index (κ1) is 7.54. The summed E-state index contributed by atoms with van der Waals surface area (Å²) in [6, 6.07) is 0. The van der Waals surface area contributed by atoms with E-state index in [-0.39, 0.29) is 18.4 Å². The van der Waals surface area contributed by atoms with Crippen molar-refractivity contribution in [2.24, 2.45) is 5.92 Å². The van der Waals surface area contributed by atoms with Gasteiger partial charge in [-0.25, -0.2) is 0 Å². The number of aliphatic hydroxyl groups is 1. The van der Waals surface area contributed by atoms with Gasteiger partial charge in [-0.2, -0.15) is 0 Å². The Balaban J connectivity index is 2.51. The van der Waals surface area contributed by atoms with Gasteiger partial charge in [0.25, 0.3) is 0 Å². The molecule has 0 bridgehead atoms. The lowest BCUT2D eigenvalue weighted by Gasteiger charge is -2.27. The molecule has 1 rings (SSSR count). The van der Waals surface area contributed by atoms with Crippen molar-refractivity contribution in [3.63, 3.8) is 0 Å². The Morgan fingerprint density at radius 2 is 2.50 bits per heavy atom. The molecule has 1 amide bonds. The first-order valence-electron chi connectivity index (χ1n) is 3.61. The van der Waals surface area contributed by atoms with E-state index in [2.05, 4.69) is 0 Å². The van der Waals surface area contributed by atoms with Crippen LogP contribution in [-0.4, -0.2) is 36.1 Å². The van der Waals surface area contributed by atoms with Gasteiger partial charge in [0.05, 0.1) is 12.5 Å². The highest BCUT2D eigenvalue weighted by atomic mass is 16.3. The second-order valence-electron chi connectivity index (χ2n) is 2.78. The van der Waals surface area contributed by atoms with E-state index in [4.69, 9.17) is 5.11 Å². The smallest absolute Gasteiger partial charge is 0.227 e. The molecule has 58 valence electrons. The monoisotopic (exact) mass is 143 g/mol. The van der Waals surface area contributed by atoms with E-state index in [0.717, 1.165) is 19.4 Å². The fraction of sp³-hybridized carbons (Fsp3) is 0.857. The average Bonchev–Trinajstić information content (AvgIpc) is 1.95. The van der Waals surface area contributed by atoms with Crippen LogP contribution in [0.15, 0.2) is 0 Å². The first-order chi connectivity index (χ1) is 4.75. The van der Waals surface area contributed by atoms with Gasteiger partial charge in [0.1, 0.15) is 0 Å². The fourth-order valence-corrected chi connectivity index (χ4v) is 1.29. The van der Waals surface area contributed by atoms with E-state index in [1.807, 2.05) is 0 Å². The van der Waals surface area contributed by atoms with Crippen LogP contribution >= 0.6 is 0 Å². The van der Waals surface area contributed by atoms with Crippen LogP contribution in [0, 0.1) is 5.92 Å². The van der Waals surface area contributed by atoms with Gasteiger partial charge in [0.2, 0.25) is 5.91 Å². The predicted molar refractivity (Wildman–Crippen MR) is 37.4 cm³/mol. The quantitative estimate of drug-likeness (QED) is 0.554. The molecule has 0 aliphatic carbocycles. The molecule has 1 saturated heterocycles. The zero-order valence-electron chi connectivity index (χ0n) is 6.21. The topological polar surface area (TPSA) is 40.5 Å². The number of hydrogen-bond acceptors (Lipinski definition) is 2. The van der Waals surface area contributed by atoms with Crippen LogP contribution in [0.1, 0.15) is 12.8 Å². The lowest BCUT2D eigenvalue weighted by Crippen LogP contribution is -2.39. The lowest BCUT2D eigenvalue weighted by atomic mass is 9.99. The highest BCUT2D eigenvalue weighted by molar-refractivity contribution is 5.79. The third kappa shape index (κ3) is 1.29. The molecule has 0 aromatic rings. The first-order valence-corrected chi connectivity index (χ1v) is 3.61. The van der Waals surface area contributed by atoms with Gasteiger partial charge in [0, 0.05) is 13.6 Å². The van der Waals surface area contributed by atoms with Crippen molar-refractivity contribution in [3.8, 4) is 0 Å². The molecular formula is C7H13NO2. The molecule has 1 heterocycles. The molecule has 1 aliphatic rings. The van der Waals surface area contributed by atoms with E-state index >= 15 is 0 Å². The molecular weight excluding hydrogens is 130 g/mol. The SMILES string of the molecule is CN1CCC[C@@H](CO)C1=O. The number of rotatable bonds is 1. The zero-order chi connectivity index (χ0) is 7.56. The number of carbonyl (C=O) groups is 1. The minimum absolute atomic E-state index is 0.00315. The minimum Gasteiger partial charge on any atom is -0.396 e. The fourth-order valence-electron chi connectivity index (χ4n) is 1.29. The summed E-state index contributed by atoms with van der Waals surface area (Å²) in [5, 5.41) is 8.73. The second-order valence-corrected chi connectivity index (χ2v) is 2.78. The molecule has 1 aliphatic heterocycles. The number of likely N-dealkylation sites (tertiary alicyclic amines) is 1. The van der Waals surface area contributed by atoms with Crippen LogP contribution in [0.2, 0.25) is 0 Å². The molecule has 0 spiro atoms. The van der Waals surface area contributed by atoms with Crippen molar-refractivity contribution in [1.29, 1.82) is 0 Å². The van der Waals surface area contributed by atoms with E-state index in [9.17, 15) is 4.79 Å². The Morgan fingerprint density at radius 3 is 3.00 bits per heavy atom. The molecule has 0 unspecified atom stereocenters. The third-order valence-corrected chi connectivity index (χ3v) is 1.99. The van der Waals surface area contributed by atoms with Gasteiger partial charge in [0.15, 0.2) is 0 Å². The minimum atomic E-state index is -0.126. The Kier molecular flexibility index (Phi) is 2.27. The average molecular weight is 143 g/mol. The maximum absolute atomic E-state index is 11.1. The number of hydrogen-bond donors (Lipinski definition) is 1. The van der Waals surface area contributed by atoms with Gasteiger partial charge < -0.3 is 10.0 Å². The maximum Gasteiger partial charge on any atom is 0.227 e. The van der Waals surface area contributed by atoms with E-state index in [1.54, 1.807) is 11.9 Å². The number of piperidine rings is 1. The molecule has 1 atom stereocenters. The molecule has 0 aromatic carbocycles. The van der Waals surface area contributed by atoms with Gasteiger partial charge in [-0.15, -0.1) is 0 Å². The summed E-state index contributed by atoms with van der Waals surface area (Å²) in [6.07, 6.45) is 1.87. The molecule has 3 heteroatoms. The normalized spacial score (nSPS) is 27.2. The number of carbonyl (C=O) groups excluding carboxylic acids is 1. The largest absolute Gasteiger partial charge is 0.396 e. The summed E-state index contributed by atoms with van der Waals surface area (Å²) < 4.78 is 0. The van der Waals surface area contributed by atoms with E-state index in [1.165, 1.54) is 0 Å². The Labute approximate surface area is 60.6 Å². The van der Waals surface area contributed by atoms with Crippen molar-refractivity contribution >= 4 is 5.91 Å². The highest BCUT2D eigenvalue weighted by Crippen LogP contribution is 2.15. The van der Waals surface area contributed by atoms with Crippen molar-refractivity contribution in [2.75, 3.05) is 20.2 Å². The predicted octanol–water partition coefficient (Wildman–Crippen LogP) is -0.153. The Bertz CT molecular complexity index is 136. The maximum atomic E-state index is 11.1. The summed E-state index contributed by atoms with van der Waals surface area (Å²) in [5.74, 6) is -0.0347. The van der Waals surface area contributed by atoms with Crippen molar-refractivity contribution in [3.05, 3.63) is 0 Å². The van der Waals surface area contributed by atoms with Crippen LogP contribution in [0.3, 0.4) is 0 Å². The molecule has 3 nitrogen and oxygen atoms in total. The lowest BCUT2D eigenvalue weighted by molar-refractivity contribution is -0.138. The summed E-state index contributed by atoms with van der Waals surface area (Å²) in [5.41, 5.74) is 0. The van der Waals surface area contributed by atoms with Gasteiger partial charge >= 0.3 is 0 Å². The highest BCUT2D eigenvalue weighted by Gasteiger charge is 2.24. The van der Waals surface area contributed by atoms with Crippen LogP contribution < -0.4 is 0 Å². The third-order valence-electron chi connectivity index (χ3n) is 1.99. The summed E-state index contributed by atoms with van der Waals surface area (Å²) in [6.45, 7) is 0.846. The van der Waals surface area contributed by atoms with Crippen molar-refractivity contribution in [1.82, 2.24) is 4.90 Å². The summed E-state index contributed by atoms with van der Waals surface area (Å²) >= 11 is 0. The molecule has 1 N–H and O–H groups in total. The number of amides is 1. The Morgan fingerprint density at radius 1 is 1.80 bits per heavy atom. The van der Waals surface area contributed by atoms with Gasteiger partial charge in [-0.05, 0) is 12.8 Å². The van der Waals surface area contributed by atoms with Crippen molar-refractivity contribution < 1.29 is 9.90 Å². The molecule has 0 saturated carbocycles. The van der Waals surface area contributed by atoms with Crippen molar-refractivity contribution in [2.45, 2.75) is 12.8 Å². The standard InChI is InChI=1S/C7H13NO2/c1-8-4-2-3-6(5-9)7(8)10/h6,9H,2-5H2,1H3/t6-/m0/s1. The van der Waals surface area contributed by atoms with Gasteiger partial charge in [-0.3, -0.25) is 4.79 Å². The molecule has 10 heavy (non-hydrogen) atoms. The molecule has 1 fully saturated rings. The van der Waals surface area contributed by atoms with Crippen LogP contribution in [-0.2, 0) is 4.79 Å². The number of aliphatic hydroxyl groups excluding tert-OH is 1. The van der Waals surface area contributed by atoms with Crippen LogP contribution in [0.25, 0.3) is 0 Å². The van der Waals surface area contributed by atoms with E-state index in [0.29, 0.717) is 0 Å². The van der Waals surface area contributed by atoms with Crippen LogP contribution in [0.4, 0.5) is 0 Å². The summed E-state index contributed by atoms with van der Waals surface area (Å²) in [4.78, 5) is 12.8. The zero-order valence-corrected chi connectivity index (χ0v) is 6.21. The second kappa shape index (κ2) is 3.01.